The molecule has 0 aliphatic heterocycles. The topological polar surface area (TPSA) is 21.3 Å². The van der Waals surface area contributed by atoms with Crippen molar-refractivity contribution in [3.8, 4) is 5.75 Å². The van der Waals surface area contributed by atoms with Gasteiger partial charge in [0.15, 0.2) is 0 Å². The van der Waals surface area contributed by atoms with Crippen LogP contribution >= 0.6 is 11.3 Å². The Labute approximate surface area is 113 Å². The molecule has 0 radical (unpaired) electrons. The number of aryl methyl sites for hydroxylation is 1. The SMILES string of the molecule is CCCOc1ccccc1NCc1ccc(C)s1. The number of nitrogens with one attached hydrogen (secondary N) is 1. The van der Waals surface area contributed by atoms with E-state index in [9.17, 15) is 0 Å². The summed E-state index contributed by atoms with van der Waals surface area (Å²) in [6.07, 6.45) is 1.03. The van der Waals surface area contributed by atoms with Crippen molar-refractivity contribution in [2.24, 2.45) is 0 Å². The van der Waals surface area contributed by atoms with Crippen molar-refractivity contribution < 1.29 is 4.74 Å². The van der Waals surface area contributed by atoms with E-state index in [0.717, 1.165) is 31.0 Å². The summed E-state index contributed by atoms with van der Waals surface area (Å²) in [5.74, 6) is 0.938. The first-order valence-electron chi connectivity index (χ1n) is 6.30. The Morgan fingerprint density at radius 2 is 2.00 bits per heavy atom. The van der Waals surface area contributed by atoms with E-state index in [-0.39, 0.29) is 0 Å². The maximum Gasteiger partial charge on any atom is 0.142 e. The molecule has 0 aliphatic carbocycles. The van der Waals surface area contributed by atoms with Gasteiger partial charge in [0.2, 0.25) is 0 Å². The van der Waals surface area contributed by atoms with Crippen molar-refractivity contribution in [1.29, 1.82) is 0 Å². The molecule has 0 fully saturated rings. The number of thiophene rings is 1. The van der Waals surface area contributed by atoms with E-state index < -0.39 is 0 Å². The maximum absolute atomic E-state index is 5.72. The first kappa shape index (κ1) is 13.0. The standard InChI is InChI=1S/C15H19NOS/c1-3-10-17-15-7-5-4-6-14(15)16-11-13-9-8-12(2)18-13/h4-9,16H,3,10-11H2,1-2H3. The van der Waals surface area contributed by atoms with Crippen LogP contribution in [0.2, 0.25) is 0 Å². The lowest BCUT2D eigenvalue weighted by Crippen LogP contribution is -2.02. The lowest BCUT2D eigenvalue weighted by Gasteiger charge is -2.12. The third-order valence-electron chi connectivity index (χ3n) is 2.60. The summed E-state index contributed by atoms with van der Waals surface area (Å²) in [5.41, 5.74) is 1.07. The molecule has 0 aliphatic rings. The number of ether oxygens (including phenoxy) is 1. The zero-order chi connectivity index (χ0) is 12.8. The molecular formula is C15H19NOS. The molecule has 0 saturated heterocycles. The molecule has 96 valence electrons. The fourth-order valence-corrected chi connectivity index (χ4v) is 2.54. The predicted molar refractivity (Wildman–Crippen MR) is 78.6 cm³/mol. The van der Waals surface area contributed by atoms with Gasteiger partial charge in [-0.1, -0.05) is 19.1 Å². The first-order valence-corrected chi connectivity index (χ1v) is 7.12. The third kappa shape index (κ3) is 3.50. The molecule has 0 amide bonds. The van der Waals surface area contributed by atoms with E-state index in [4.69, 9.17) is 4.74 Å². The van der Waals surface area contributed by atoms with E-state index >= 15 is 0 Å². The molecule has 2 nitrogen and oxygen atoms in total. The number of hydrogen-bond acceptors (Lipinski definition) is 3. The summed E-state index contributed by atoms with van der Waals surface area (Å²) in [5, 5.41) is 3.44. The summed E-state index contributed by atoms with van der Waals surface area (Å²) in [6, 6.07) is 12.4. The number of hydrogen-bond donors (Lipinski definition) is 1. The lowest BCUT2D eigenvalue weighted by atomic mass is 10.3. The Balaban J connectivity index is 1.99. The molecule has 2 aromatic rings. The maximum atomic E-state index is 5.72. The van der Waals surface area contributed by atoms with Gasteiger partial charge in [0.1, 0.15) is 5.75 Å². The van der Waals surface area contributed by atoms with Crippen molar-refractivity contribution in [2.45, 2.75) is 26.8 Å². The van der Waals surface area contributed by atoms with Crippen LogP contribution in [-0.4, -0.2) is 6.61 Å². The van der Waals surface area contributed by atoms with Crippen LogP contribution in [0.5, 0.6) is 5.75 Å². The van der Waals surface area contributed by atoms with E-state index in [1.54, 1.807) is 0 Å². The molecule has 0 unspecified atom stereocenters. The molecule has 2 rings (SSSR count). The molecule has 1 aromatic heterocycles. The van der Waals surface area contributed by atoms with Gasteiger partial charge in [-0.3, -0.25) is 0 Å². The summed E-state index contributed by atoms with van der Waals surface area (Å²) < 4.78 is 5.72. The summed E-state index contributed by atoms with van der Waals surface area (Å²) in [4.78, 5) is 2.69. The zero-order valence-corrected chi connectivity index (χ0v) is 11.7. The van der Waals surface area contributed by atoms with Gasteiger partial charge in [-0.05, 0) is 37.6 Å². The summed E-state index contributed by atoms with van der Waals surface area (Å²) in [6.45, 7) is 5.86. The second-order valence-electron chi connectivity index (χ2n) is 4.21. The van der Waals surface area contributed by atoms with Crippen LogP contribution in [0, 0.1) is 6.92 Å². The van der Waals surface area contributed by atoms with E-state index in [1.807, 2.05) is 29.5 Å². The van der Waals surface area contributed by atoms with Gasteiger partial charge in [0.25, 0.3) is 0 Å². The van der Waals surface area contributed by atoms with Gasteiger partial charge in [-0.25, -0.2) is 0 Å². The fraction of sp³-hybridized carbons (Fsp3) is 0.333. The molecule has 0 saturated carbocycles. The van der Waals surface area contributed by atoms with E-state index in [2.05, 4.69) is 37.4 Å². The van der Waals surface area contributed by atoms with E-state index in [1.165, 1.54) is 9.75 Å². The highest BCUT2D eigenvalue weighted by Crippen LogP contribution is 2.25. The Morgan fingerprint density at radius 3 is 2.72 bits per heavy atom. The zero-order valence-electron chi connectivity index (χ0n) is 10.9. The third-order valence-corrected chi connectivity index (χ3v) is 3.60. The highest BCUT2D eigenvalue weighted by molar-refractivity contribution is 7.11. The average Bonchev–Trinajstić information content (AvgIpc) is 2.81. The first-order chi connectivity index (χ1) is 8.79. The Hall–Kier alpha value is -1.48. The van der Waals surface area contributed by atoms with Crippen LogP contribution in [0.15, 0.2) is 36.4 Å². The van der Waals surface area contributed by atoms with Crippen LogP contribution < -0.4 is 10.1 Å². The largest absolute Gasteiger partial charge is 0.491 e. The van der Waals surface area contributed by atoms with Crippen molar-refractivity contribution >= 4 is 17.0 Å². The lowest BCUT2D eigenvalue weighted by molar-refractivity contribution is 0.319. The van der Waals surface area contributed by atoms with Gasteiger partial charge >= 0.3 is 0 Å². The van der Waals surface area contributed by atoms with Crippen molar-refractivity contribution in [3.05, 3.63) is 46.2 Å². The Bertz CT molecular complexity index is 493. The number of anilines is 1. The normalized spacial score (nSPS) is 10.3. The molecule has 18 heavy (non-hydrogen) atoms. The van der Waals surface area contributed by atoms with Gasteiger partial charge in [-0.2, -0.15) is 0 Å². The minimum atomic E-state index is 0.761. The molecule has 0 bridgehead atoms. The van der Waals surface area contributed by atoms with Crippen molar-refractivity contribution in [3.63, 3.8) is 0 Å². The van der Waals surface area contributed by atoms with Crippen LogP contribution in [0.4, 0.5) is 5.69 Å². The highest BCUT2D eigenvalue weighted by atomic mass is 32.1. The highest BCUT2D eigenvalue weighted by Gasteiger charge is 2.03. The monoisotopic (exact) mass is 261 g/mol. The summed E-state index contributed by atoms with van der Waals surface area (Å²) in [7, 11) is 0. The van der Waals surface area contributed by atoms with Crippen LogP contribution in [0.25, 0.3) is 0 Å². The molecular weight excluding hydrogens is 242 g/mol. The Kier molecular flexibility index (Phi) is 4.65. The molecule has 0 spiro atoms. The predicted octanol–water partition coefficient (Wildman–Crippen LogP) is 4.46. The molecule has 1 N–H and O–H groups in total. The second kappa shape index (κ2) is 6.45. The average molecular weight is 261 g/mol. The number of rotatable bonds is 6. The fourth-order valence-electron chi connectivity index (χ4n) is 1.71. The van der Waals surface area contributed by atoms with Gasteiger partial charge < -0.3 is 10.1 Å². The van der Waals surface area contributed by atoms with Crippen LogP contribution in [0.3, 0.4) is 0 Å². The minimum absolute atomic E-state index is 0.761. The van der Waals surface area contributed by atoms with Crippen LogP contribution in [0.1, 0.15) is 23.1 Å². The van der Waals surface area contributed by atoms with Gasteiger partial charge in [0, 0.05) is 16.3 Å². The van der Waals surface area contributed by atoms with Gasteiger partial charge in [-0.15, -0.1) is 11.3 Å². The van der Waals surface area contributed by atoms with Gasteiger partial charge in [0.05, 0.1) is 12.3 Å². The molecule has 1 heterocycles. The smallest absolute Gasteiger partial charge is 0.142 e. The summed E-state index contributed by atoms with van der Waals surface area (Å²) >= 11 is 1.83. The molecule has 0 atom stereocenters. The minimum Gasteiger partial charge on any atom is -0.491 e. The van der Waals surface area contributed by atoms with E-state index in [0.29, 0.717) is 0 Å². The van der Waals surface area contributed by atoms with Crippen molar-refractivity contribution in [2.75, 3.05) is 11.9 Å². The Morgan fingerprint density at radius 1 is 1.17 bits per heavy atom. The quantitative estimate of drug-likeness (QED) is 0.829. The van der Waals surface area contributed by atoms with Crippen LogP contribution in [-0.2, 0) is 6.54 Å². The number of para-hydroxylation sites is 2. The molecule has 3 heteroatoms. The number of benzene rings is 1. The van der Waals surface area contributed by atoms with Crippen molar-refractivity contribution in [1.82, 2.24) is 0 Å². The second-order valence-corrected chi connectivity index (χ2v) is 5.58. The molecule has 1 aromatic carbocycles.